The van der Waals surface area contributed by atoms with Crippen LogP contribution in [0.25, 0.3) is 5.76 Å². The van der Waals surface area contributed by atoms with Gasteiger partial charge in [0.25, 0.3) is 11.7 Å². The number of hydrogen-bond donors (Lipinski definition) is 1. The second kappa shape index (κ2) is 11.6. The highest BCUT2D eigenvalue weighted by Crippen LogP contribution is 2.41. The summed E-state index contributed by atoms with van der Waals surface area (Å²) in [5.41, 5.74) is 1.79. The second-order valence-corrected chi connectivity index (χ2v) is 9.15. The van der Waals surface area contributed by atoms with E-state index in [1.54, 1.807) is 60.9 Å². The van der Waals surface area contributed by atoms with Crippen LogP contribution in [-0.2, 0) is 16.1 Å². The van der Waals surface area contributed by atoms with Crippen LogP contribution in [0, 0.1) is 0 Å². The third kappa shape index (κ3) is 5.67. The number of Topliss-reactive ketones (excluding diaryl/α,β-unsaturated/α-hetero) is 1. The molecule has 1 fully saturated rings. The second-order valence-electron chi connectivity index (χ2n) is 9.15. The van der Waals surface area contributed by atoms with E-state index in [-0.39, 0.29) is 17.9 Å². The smallest absolute Gasteiger partial charge is 0.295 e. The van der Waals surface area contributed by atoms with Crippen LogP contribution in [0.5, 0.6) is 17.2 Å². The predicted octanol–water partition coefficient (Wildman–Crippen LogP) is 6.28. The van der Waals surface area contributed by atoms with Crippen molar-refractivity contribution in [1.29, 1.82) is 0 Å². The third-order valence-corrected chi connectivity index (χ3v) is 6.35. The Morgan fingerprint density at radius 1 is 0.897 bits per heavy atom. The van der Waals surface area contributed by atoms with Crippen molar-refractivity contribution in [3.8, 4) is 17.2 Å². The van der Waals surface area contributed by atoms with Crippen molar-refractivity contribution in [2.45, 2.75) is 25.9 Å². The number of ketones is 1. The number of aliphatic hydroxyl groups is 1. The molecule has 7 nitrogen and oxygen atoms in total. The molecule has 1 aliphatic heterocycles. The summed E-state index contributed by atoms with van der Waals surface area (Å²) in [6.45, 7) is 2.67. The largest absolute Gasteiger partial charge is 0.507 e. The molecule has 1 saturated heterocycles. The Bertz CT molecular complexity index is 1500. The third-order valence-electron chi connectivity index (χ3n) is 6.35. The Labute approximate surface area is 227 Å². The van der Waals surface area contributed by atoms with Crippen LogP contribution < -0.4 is 9.47 Å². The van der Waals surface area contributed by atoms with Gasteiger partial charge in [0.1, 0.15) is 23.0 Å². The van der Waals surface area contributed by atoms with E-state index in [1.807, 2.05) is 49.4 Å². The van der Waals surface area contributed by atoms with Gasteiger partial charge in [-0.3, -0.25) is 14.6 Å². The Balaban J connectivity index is 1.59. The molecule has 1 amide bonds. The number of nitrogens with zero attached hydrogens (tertiary/aromatic N) is 2. The minimum Gasteiger partial charge on any atom is -0.507 e. The van der Waals surface area contributed by atoms with Gasteiger partial charge in [-0.1, -0.05) is 55.5 Å². The number of pyridine rings is 1. The van der Waals surface area contributed by atoms with Crippen molar-refractivity contribution < 1.29 is 24.2 Å². The van der Waals surface area contributed by atoms with E-state index in [0.29, 0.717) is 35.0 Å². The van der Waals surface area contributed by atoms with Crippen LogP contribution in [-0.4, -0.2) is 33.3 Å². The van der Waals surface area contributed by atoms with Gasteiger partial charge in [0.15, 0.2) is 0 Å². The molecule has 3 aromatic carbocycles. The Morgan fingerprint density at radius 2 is 1.67 bits per heavy atom. The zero-order valence-electron chi connectivity index (χ0n) is 21.5. The number of para-hydroxylation sites is 1. The fourth-order valence-electron chi connectivity index (χ4n) is 4.56. The number of ether oxygens (including phenoxy) is 2. The summed E-state index contributed by atoms with van der Waals surface area (Å²) >= 11 is 0. The zero-order chi connectivity index (χ0) is 27.2. The van der Waals surface area contributed by atoms with Crippen LogP contribution in [0.2, 0.25) is 0 Å². The number of aliphatic hydroxyl groups excluding tert-OH is 1. The maximum absolute atomic E-state index is 13.5. The first-order valence-corrected chi connectivity index (χ1v) is 12.8. The van der Waals surface area contributed by atoms with Crippen molar-refractivity contribution in [1.82, 2.24) is 9.88 Å². The van der Waals surface area contributed by atoms with Crippen molar-refractivity contribution in [2.75, 3.05) is 6.61 Å². The lowest BCUT2D eigenvalue weighted by molar-refractivity contribution is -0.140. The average Bonchev–Trinajstić information content (AvgIpc) is 3.22. The van der Waals surface area contributed by atoms with Gasteiger partial charge in [0.2, 0.25) is 0 Å². The number of rotatable bonds is 9. The molecule has 0 saturated carbocycles. The number of likely N-dealkylation sites (tertiary alicyclic amines) is 1. The summed E-state index contributed by atoms with van der Waals surface area (Å²) in [4.78, 5) is 32.4. The molecular formula is C32H28N2O5. The molecule has 4 aromatic rings. The van der Waals surface area contributed by atoms with E-state index in [1.165, 1.54) is 4.90 Å². The maximum Gasteiger partial charge on any atom is 0.295 e. The standard InChI is InChI=1S/C32H28N2O5/c1-2-17-38-26-14-7-11-24(19-26)30(35)28-29(34(32(37)31(28)36)21-22-9-8-16-33-20-22)23-10-6-15-27(18-23)39-25-12-4-3-5-13-25/h3-16,18-20,29,35H,2,17,21H2,1H3/b30-28-. The van der Waals surface area contributed by atoms with E-state index in [2.05, 4.69) is 4.98 Å². The molecule has 2 heterocycles. The fourth-order valence-corrected chi connectivity index (χ4v) is 4.56. The highest BCUT2D eigenvalue weighted by atomic mass is 16.5. The van der Waals surface area contributed by atoms with E-state index in [9.17, 15) is 14.7 Å². The van der Waals surface area contributed by atoms with E-state index >= 15 is 0 Å². The summed E-state index contributed by atoms with van der Waals surface area (Å²) in [7, 11) is 0. The predicted molar refractivity (Wildman–Crippen MR) is 147 cm³/mol. The summed E-state index contributed by atoms with van der Waals surface area (Å²) in [5, 5.41) is 11.5. The normalized spacial score (nSPS) is 16.3. The Kier molecular flexibility index (Phi) is 7.68. The fraction of sp³-hybridized carbons (Fsp3) is 0.156. The van der Waals surface area contributed by atoms with E-state index in [0.717, 1.165) is 12.0 Å². The monoisotopic (exact) mass is 520 g/mol. The first-order valence-electron chi connectivity index (χ1n) is 12.8. The summed E-state index contributed by atoms with van der Waals surface area (Å²) < 4.78 is 11.7. The molecule has 1 aromatic heterocycles. The van der Waals surface area contributed by atoms with E-state index in [4.69, 9.17) is 9.47 Å². The van der Waals surface area contributed by atoms with Gasteiger partial charge in [-0.05, 0) is 60.0 Å². The number of carbonyl (C=O) groups excluding carboxylic acids is 2. The number of carbonyl (C=O) groups is 2. The van der Waals surface area contributed by atoms with Gasteiger partial charge < -0.3 is 19.5 Å². The first kappa shape index (κ1) is 25.7. The highest BCUT2D eigenvalue weighted by Gasteiger charge is 2.46. The Hall–Kier alpha value is -4.91. The van der Waals surface area contributed by atoms with Gasteiger partial charge in [0, 0.05) is 24.5 Å². The van der Waals surface area contributed by atoms with Gasteiger partial charge in [-0.25, -0.2) is 0 Å². The number of benzene rings is 3. The van der Waals surface area contributed by atoms with Gasteiger partial charge in [0.05, 0.1) is 18.2 Å². The van der Waals surface area contributed by atoms with Crippen molar-refractivity contribution >= 4 is 17.4 Å². The lowest BCUT2D eigenvalue weighted by Crippen LogP contribution is -2.29. The SMILES string of the molecule is CCCOc1cccc(/C(O)=C2/C(=O)C(=O)N(Cc3cccnc3)C2c2cccc(Oc3ccccc3)c2)c1. The van der Waals surface area contributed by atoms with Crippen molar-refractivity contribution in [3.63, 3.8) is 0 Å². The molecule has 196 valence electrons. The number of aromatic nitrogens is 1. The van der Waals surface area contributed by atoms with Crippen LogP contribution in [0.15, 0.2) is 109 Å². The molecule has 39 heavy (non-hydrogen) atoms. The lowest BCUT2D eigenvalue weighted by atomic mass is 9.95. The van der Waals surface area contributed by atoms with Gasteiger partial charge >= 0.3 is 0 Å². The van der Waals surface area contributed by atoms with Crippen molar-refractivity contribution in [2.24, 2.45) is 0 Å². The Morgan fingerprint density at radius 3 is 2.44 bits per heavy atom. The van der Waals surface area contributed by atoms with Crippen LogP contribution in [0.3, 0.4) is 0 Å². The summed E-state index contributed by atoms with van der Waals surface area (Å²) in [6, 6.07) is 26.2. The average molecular weight is 521 g/mol. The molecule has 1 unspecified atom stereocenters. The minimum atomic E-state index is -0.843. The quantitative estimate of drug-likeness (QED) is 0.159. The summed E-state index contributed by atoms with van der Waals surface area (Å²) in [5.74, 6) is 0.0565. The van der Waals surface area contributed by atoms with Gasteiger partial charge in [-0.2, -0.15) is 0 Å². The molecule has 1 N–H and O–H groups in total. The number of hydrogen-bond acceptors (Lipinski definition) is 6. The zero-order valence-corrected chi connectivity index (χ0v) is 21.5. The van der Waals surface area contributed by atoms with E-state index < -0.39 is 17.7 Å². The molecule has 0 bridgehead atoms. The van der Waals surface area contributed by atoms with Crippen molar-refractivity contribution in [3.05, 3.63) is 126 Å². The van der Waals surface area contributed by atoms with Crippen LogP contribution in [0.1, 0.15) is 36.1 Å². The molecule has 0 radical (unpaired) electrons. The molecule has 1 aliphatic rings. The highest BCUT2D eigenvalue weighted by molar-refractivity contribution is 6.46. The molecule has 7 heteroatoms. The molecule has 0 spiro atoms. The summed E-state index contributed by atoms with van der Waals surface area (Å²) in [6.07, 6.45) is 4.13. The van der Waals surface area contributed by atoms with Crippen LogP contribution in [0.4, 0.5) is 0 Å². The maximum atomic E-state index is 13.5. The minimum absolute atomic E-state index is 0.00777. The lowest BCUT2D eigenvalue weighted by Gasteiger charge is -2.25. The van der Waals surface area contributed by atoms with Crippen LogP contribution >= 0.6 is 0 Å². The first-order chi connectivity index (χ1) is 19.0. The topological polar surface area (TPSA) is 89.0 Å². The molecule has 1 atom stereocenters. The molecule has 0 aliphatic carbocycles. The number of amides is 1. The molecule has 5 rings (SSSR count). The van der Waals surface area contributed by atoms with Gasteiger partial charge in [-0.15, -0.1) is 0 Å². The molecular weight excluding hydrogens is 492 g/mol.